The maximum Gasteiger partial charge on any atom is 0.340 e. The van der Waals surface area contributed by atoms with Gasteiger partial charge in [0.1, 0.15) is 0 Å². The van der Waals surface area contributed by atoms with Crippen molar-refractivity contribution in [3.05, 3.63) is 23.8 Å². The predicted octanol–water partition coefficient (Wildman–Crippen LogP) is 1.03. The van der Waals surface area contributed by atoms with Crippen LogP contribution in [0, 0.1) is 0 Å². The summed E-state index contributed by atoms with van der Waals surface area (Å²) in [5.74, 6) is -0.418. The first-order chi connectivity index (χ1) is 8.06. The van der Waals surface area contributed by atoms with Crippen molar-refractivity contribution in [2.24, 2.45) is 0 Å². The SMILES string of the molecule is COC(=O)c1cccc(NCCN(C)C)c1N. The van der Waals surface area contributed by atoms with Crippen molar-refractivity contribution in [1.29, 1.82) is 0 Å². The van der Waals surface area contributed by atoms with Crippen LogP contribution in [0.3, 0.4) is 0 Å². The van der Waals surface area contributed by atoms with E-state index in [0.717, 1.165) is 18.8 Å². The highest BCUT2D eigenvalue weighted by atomic mass is 16.5. The van der Waals surface area contributed by atoms with Crippen LogP contribution in [0.25, 0.3) is 0 Å². The smallest absolute Gasteiger partial charge is 0.340 e. The minimum absolute atomic E-state index is 0.391. The van der Waals surface area contributed by atoms with Crippen LogP contribution >= 0.6 is 0 Å². The molecule has 0 atom stereocenters. The van der Waals surface area contributed by atoms with Crippen molar-refractivity contribution in [3.8, 4) is 0 Å². The molecule has 1 aromatic rings. The highest BCUT2D eigenvalue weighted by molar-refractivity contribution is 5.98. The fourth-order valence-electron chi connectivity index (χ4n) is 1.42. The largest absolute Gasteiger partial charge is 0.465 e. The van der Waals surface area contributed by atoms with Gasteiger partial charge < -0.3 is 20.7 Å². The number of hydrogen-bond donors (Lipinski definition) is 2. The number of ether oxygens (including phenoxy) is 1. The quantitative estimate of drug-likeness (QED) is 0.591. The van der Waals surface area contributed by atoms with Gasteiger partial charge >= 0.3 is 5.97 Å². The summed E-state index contributed by atoms with van der Waals surface area (Å²) in [5, 5.41) is 3.19. The standard InChI is InChI=1S/C12H19N3O2/c1-15(2)8-7-14-10-6-4-5-9(11(10)13)12(16)17-3/h4-6,14H,7-8,13H2,1-3H3. The lowest BCUT2D eigenvalue weighted by Crippen LogP contribution is -2.21. The summed E-state index contributed by atoms with van der Waals surface area (Å²) in [7, 11) is 5.33. The van der Waals surface area contributed by atoms with E-state index in [9.17, 15) is 4.79 Å². The van der Waals surface area contributed by atoms with Gasteiger partial charge in [-0.15, -0.1) is 0 Å². The van der Waals surface area contributed by atoms with Crippen LogP contribution in [0.5, 0.6) is 0 Å². The second kappa shape index (κ2) is 6.10. The molecular weight excluding hydrogens is 218 g/mol. The lowest BCUT2D eigenvalue weighted by molar-refractivity contribution is 0.0602. The number of benzene rings is 1. The summed E-state index contributed by atoms with van der Waals surface area (Å²) < 4.78 is 4.66. The zero-order valence-corrected chi connectivity index (χ0v) is 10.5. The van der Waals surface area contributed by atoms with Gasteiger partial charge in [0.2, 0.25) is 0 Å². The molecule has 0 amide bonds. The van der Waals surface area contributed by atoms with E-state index in [4.69, 9.17) is 5.73 Å². The Morgan fingerprint density at radius 3 is 2.76 bits per heavy atom. The van der Waals surface area contributed by atoms with E-state index in [1.807, 2.05) is 20.2 Å². The number of nitrogens with zero attached hydrogens (tertiary/aromatic N) is 1. The van der Waals surface area contributed by atoms with Crippen molar-refractivity contribution < 1.29 is 9.53 Å². The van der Waals surface area contributed by atoms with Crippen molar-refractivity contribution >= 4 is 17.3 Å². The van der Waals surface area contributed by atoms with Crippen molar-refractivity contribution in [2.75, 3.05) is 45.3 Å². The molecule has 0 aliphatic carbocycles. The van der Waals surface area contributed by atoms with Gasteiger partial charge in [-0.1, -0.05) is 6.07 Å². The Hall–Kier alpha value is -1.75. The second-order valence-corrected chi connectivity index (χ2v) is 3.99. The van der Waals surface area contributed by atoms with Crippen molar-refractivity contribution in [2.45, 2.75) is 0 Å². The summed E-state index contributed by atoms with van der Waals surface area (Å²) in [6, 6.07) is 5.27. The predicted molar refractivity (Wildman–Crippen MR) is 69.2 cm³/mol. The Bertz CT molecular complexity index is 391. The lowest BCUT2D eigenvalue weighted by Gasteiger charge is -2.14. The van der Waals surface area contributed by atoms with Crippen LogP contribution in [0.2, 0.25) is 0 Å². The first kappa shape index (κ1) is 13.3. The van der Waals surface area contributed by atoms with Crippen LogP contribution in [0.15, 0.2) is 18.2 Å². The molecule has 0 aliphatic rings. The van der Waals surface area contributed by atoms with Gasteiger partial charge in [0, 0.05) is 13.1 Å². The van der Waals surface area contributed by atoms with E-state index < -0.39 is 5.97 Å². The highest BCUT2D eigenvalue weighted by Gasteiger charge is 2.12. The fourth-order valence-corrected chi connectivity index (χ4v) is 1.42. The van der Waals surface area contributed by atoms with E-state index in [1.165, 1.54) is 7.11 Å². The number of para-hydroxylation sites is 1. The third kappa shape index (κ3) is 3.64. The number of nitrogens with two attached hydrogens (primary N) is 1. The molecule has 0 fully saturated rings. The number of hydrogen-bond acceptors (Lipinski definition) is 5. The van der Waals surface area contributed by atoms with E-state index >= 15 is 0 Å². The molecule has 0 saturated carbocycles. The number of carbonyl (C=O) groups excluding carboxylic acids is 1. The lowest BCUT2D eigenvalue weighted by atomic mass is 10.1. The molecular formula is C12H19N3O2. The number of esters is 1. The van der Waals surface area contributed by atoms with Crippen LogP contribution < -0.4 is 11.1 Å². The Balaban J connectivity index is 2.76. The molecule has 1 rings (SSSR count). The first-order valence-electron chi connectivity index (χ1n) is 5.41. The summed E-state index contributed by atoms with van der Waals surface area (Å²) in [5.41, 5.74) is 7.48. The van der Waals surface area contributed by atoms with E-state index in [2.05, 4.69) is 15.0 Å². The summed E-state index contributed by atoms with van der Waals surface area (Å²) in [4.78, 5) is 13.5. The average Bonchev–Trinajstić information content (AvgIpc) is 2.30. The number of anilines is 2. The molecule has 0 bridgehead atoms. The number of rotatable bonds is 5. The van der Waals surface area contributed by atoms with Gasteiger partial charge in [-0.25, -0.2) is 4.79 Å². The summed E-state index contributed by atoms with van der Waals surface area (Å²) in [6.07, 6.45) is 0. The van der Waals surface area contributed by atoms with Crippen LogP contribution in [-0.2, 0) is 4.74 Å². The fraction of sp³-hybridized carbons (Fsp3) is 0.417. The van der Waals surface area contributed by atoms with Gasteiger partial charge in [-0.2, -0.15) is 0 Å². The maximum atomic E-state index is 11.4. The molecule has 0 unspecified atom stereocenters. The molecule has 0 spiro atoms. The third-order valence-corrected chi connectivity index (χ3v) is 2.39. The minimum Gasteiger partial charge on any atom is -0.465 e. The van der Waals surface area contributed by atoms with Crippen LogP contribution in [0.1, 0.15) is 10.4 Å². The Morgan fingerprint density at radius 2 is 2.18 bits per heavy atom. The number of likely N-dealkylation sites (N-methyl/N-ethyl adjacent to an activating group) is 1. The second-order valence-electron chi connectivity index (χ2n) is 3.99. The molecule has 0 aromatic heterocycles. The van der Waals surface area contributed by atoms with E-state index in [1.54, 1.807) is 12.1 Å². The monoisotopic (exact) mass is 237 g/mol. The van der Waals surface area contributed by atoms with Crippen molar-refractivity contribution in [3.63, 3.8) is 0 Å². The zero-order chi connectivity index (χ0) is 12.8. The van der Waals surface area contributed by atoms with Gasteiger partial charge in [0.05, 0.1) is 24.0 Å². The molecule has 0 aliphatic heterocycles. The molecule has 5 heteroatoms. The highest BCUT2D eigenvalue weighted by Crippen LogP contribution is 2.23. The topological polar surface area (TPSA) is 67.6 Å². The minimum atomic E-state index is -0.418. The zero-order valence-electron chi connectivity index (χ0n) is 10.5. The maximum absolute atomic E-state index is 11.4. The molecule has 0 saturated heterocycles. The summed E-state index contributed by atoms with van der Waals surface area (Å²) >= 11 is 0. The Kier molecular flexibility index (Phi) is 4.78. The van der Waals surface area contributed by atoms with Gasteiger partial charge in [-0.05, 0) is 26.2 Å². The van der Waals surface area contributed by atoms with Crippen molar-refractivity contribution in [1.82, 2.24) is 4.90 Å². The molecule has 0 radical (unpaired) electrons. The molecule has 17 heavy (non-hydrogen) atoms. The third-order valence-electron chi connectivity index (χ3n) is 2.39. The molecule has 0 heterocycles. The number of nitrogen functional groups attached to an aromatic ring is 1. The number of nitrogens with one attached hydrogen (secondary N) is 1. The van der Waals surface area contributed by atoms with E-state index in [-0.39, 0.29) is 0 Å². The van der Waals surface area contributed by atoms with Gasteiger partial charge in [0.25, 0.3) is 0 Å². The number of carbonyl (C=O) groups is 1. The van der Waals surface area contributed by atoms with Crippen LogP contribution in [0.4, 0.5) is 11.4 Å². The summed E-state index contributed by atoms with van der Waals surface area (Å²) in [6.45, 7) is 1.66. The normalized spacial score (nSPS) is 10.4. The van der Waals surface area contributed by atoms with Gasteiger partial charge in [-0.3, -0.25) is 0 Å². The first-order valence-corrected chi connectivity index (χ1v) is 5.41. The Morgan fingerprint density at radius 1 is 1.47 bits per heavy atom. The molecule has 1 aromatic carbocycles. The Labute approximate surface area is 102 Å². The van der Waals surface area contributed by atoms with Gasteiger partial charge in [0.15, 0.2) is 0 Å². The molecule has 94 valence electrons. The molecule has 5 nitrogen and oxygen atoms in total. The van der Waals surface area contributed by atoms with E-state index in [0.29, 0.717) is 11.3 Å². The molecule has 3 N–H and O–H groups in total. The average molecular weight is 237 g/mol. The van der Waals surface area contributed by atoms with Crippen LogP contribution in [-0.4, -0.2) is 45.2 Å². The number of methoxy groups -OCH3 is 1.